The van der Waals surface area contributed by atoms with E-state index < -0.39 is 32.5 Å². The van der Waals surface area contributed by atoms with Crippen LogP contribution in [0.3, 0.4) is 0 Å². The topological polar surface area (TPSA) is 111 Å². The number of phosphoric ester groups is 1. The van der Waals surface area contributed by atoms with Crippen LogP contribution in [0, 0.1) is 0 Å². The lowest BCUT2D eigenvalue weighted by molar-refractivity contribution is -0.870. The van der Waals surface area contributed by atoms with Gasteiger partial charge in [-0.25, -0.2) is 0 Å². The van der Waals surface area contributed by atoms with Crippen LogP contribution in [0.5, 0.6) is 0 Å². The number of esters is 2. The minimum atomic E-state index is -4.63. The van der Waals surface area contributed by atoms with E-state index in [1.54, 1.807) is 0 Å². The fourth-order valence-corrected chi connectivity index (χ4v) is 8.14. The van der Waals surface area contributed by atoms with E-state index in [-0.39, 0.29) is 26.1 Å². The Morgan fingerprint density at radius 1 is 0.444 bits per heavy atom. The van der Waals surface area contributed by atoms with Crippen LogP contribution in [0.25, 0.3) is 0 Å². The molecule has 0 rings (SSSR count). The van der Waals surface area contributed by atoms with E-state index in [0.717, 1.165) is 103 Å². The molecule has 2 atom stereocenters. The molecule has 0 aromatic heterocycles. The number of ether oxygens (including phenoxy) is 2. The van der Waals surface area contributed by atoms with Crippen LogP contribution in [0.2, 0.25) is 0 Å². The van der Waals surface area contributed by atoms with Gasteiger partial charge in [-0.05, 0) is 83.5 Å². The van der Waals surface area contributed by atoms with Gasteiger partial charge in [0.2, 0.25) is 0 Å². The number of hydrogen-bond acceptors (Lipinski definition) is 8. The summed E-state index contributed by atoms with van der Waals surface area (Å²) in [5.74, 6) is -0.845. The van der Waals surface area contributed by atoms with Gasteiger partial charge < -0.3 is 27.9 Å². The Labute approximate surface area is 442 Å². The second kappa shape index (κ2) is 52.5. The zero-order chi connectivity index (χ0) is 52.7. The van der Waals surface area contributed by atoms with Gasteiger partial charge in [0.1, 0.15) is 19.8 Å². The van der Waals surface area contributed by atoms with Crippen LogP contribution < -0.4 is 4.89 Å². The van der Waals surface area contributed by atoms with Crippen molar-refractivity contribution in [1.29, 1.82) is 0 Å². The van der Waals surface area contributed by atoms with Gasteiger partial charge in [-0.2, -0.15) is 0 Å². The highest BCUT2D eigenvalue weighted by Gasteiger charge is 2.21. The first-order valence-electron chi connectivity index (χ1n) is 28.6. The van der Waals surface area contributed by atoms with E-state index in [0.29, 0.717) is 17.4 Å². The Kier molecular flexibility index (Phi) is 50.1. The minimum absolute atomic E-state index is 0.0336. The van der Waals surface area contributed by atoms with Crippen molar-refractivity contribution in [3.05, 3.63) is 109 Å². The number of unbranched alkanes of at least 4 members (excludes halogenated alkanes) is 19. The molecule has 0 bridgehead atoms. The number of rotatable bonds is 51. The normalized spacial score (nSPS) is 14.1. The lowest BCUT2D eigenvalue weighted by atomic mass is 10.0. The molecule has 0 aromatic rings. The summed E-state index contributed by atoms with van der Waals surface area (Å²) in [6.45, 7) is 4.05. The summed E-state index contributed by atoms with van der Waals surface area (Å²) in [5.41, 5.74) is 0. The molecule has 2 unspecified atom stereocenters. The number of likely N-dealkylation sites (N-methyl/N-ethyl adjacent to an activating group) is 1. The molecule has 0 spiro atoms. The molecule has 0 heterocycles. The van der Waals surface area contributed by atoms with Gasteiger partial charge in [0.25, 0.3) is 7.82 Å². The Morgan fingerprint density at radius 2 is 0.792 bits per heavy atom. The molecule has 0 aliphatic carbocycles. The minimum Gasteiger partial charge on any atom is -0.756 e. The molecule has 0 saturated carbocycles. The number of quaternary nitrogens is 1. The maximum absolute atomic E-state index is 12.7. The average molecular weight is 1020 g/mol. The molecule has 10 heteroatoms. The number of carbonyl (C=O) groups excluding carboxylic acids is 2. The maximum Gasteiger partial charge on any atom is 0.306 e. The smallest absolute Gasteiger partial charge is 0.306 e. The quantitative estimate of drug-likeness (QED) is 0.0195. The Bertz CT molecular complexity index is 1580. The van der Waals surface area contributed by atoms with Gasteiger partial charge in [0.05, 0.1) is 27.7 Å². The second-order valence-corrected chi connectivity index (χ2v) is 21.3. The van der Waals surface area contributed by atoms with Crippen molar-refractivity contribution in [2.45, 2.75) is 225 Å². The molecule has 0 radical (unpaired) electrons. The van der Waals surface area contributed by atoms with Crippen LogP contribution >= 0.6 is 7.82 Å². The van der Waals surface area contributed by atoms with Gasteiger partial charge >= 0.3 is 11.9 Å². The Balaban J connectivity index is 3.93. The molecule has 412 valence electrons. The van der Waals surface area contributed by atoms with E-state index in [9.17, 15) is 19.0 Å². The number of phosphoric acid groups is 1. The van der Waals surface area contributed by atoms with E-state index in [1.165, 1.54) is 83.5 Å². The van der Waals surface area contributed by atoms with Crippen LogP contribution in [0.1, 0.15) is 219 Å². The Hall–Kier alpha value is -3.33. The van der Waals surface area contributed by atoms with Crippen molar-refractivity contribution in [3.63, 3.8) is 0 Å². The van der Waals surface area contributed by atoms with E-state index in [1.807, 2.05) is 21.1 Å². The van der Waals surface area contributed by atoms with Gasteiger partial charge in [0, 0.05) is 12.8 Å². The third-order valence-corrected chi connectivity index (χ3v) is 12.8. The fourth-order valence-electron chi connectivity index (χ4n) is 7.41. The van der Waals surface area contributed by atoms with Crippen LogP contribution in [0.15, 0.2) is 109 Å². The molecule has 0 aromatic carbocycles. The molecule has 0 amide bonds. The summed E-state index contributed by atoms with van der Waals surface area (Å²) in [5, 5.41) is 0. The Morgan fingerprint density at radius 3 is 1.18 bits per heavy atom. The molecular weight excluding hydrogens is 918 g/mol. The first kappa shape index (κ1) is 68.7. The predicted molar refractivity (Wildman–Crippen MR) is 305 cm³/mol. The van der Waals surface area contributed by atoms with E-state index in [2.05, 4.69) is 123 Å². The lowest BCUT2D eigenvalue weighted by Crippen LogP contribution is -2.37. The number of hydrogen-bond donors (Lipinski definition) is 0. The van der Waals surface area contributed by atoms with Crippen molar-refractivity contribution < 1.29 is 42.1 Å². The van der Waals surface area contributed by atoms with Crippen molar-refractivity contribution >= 4 is 19.8 Å². The number of carbonyl (C=O) groups is 2. The fraction of sp³-hybridized carbons (Fsp3) is 0.677. The average Bonchev–Trinajstić information content (AvgIpc) is 3.34. The summed E-state index contributed by atoms with van der Waals surface area (Å²) < 4.78 is 33.9. The van der Waals surface area contributed by atoms with Gasteiger partial charge in [-0.1, -0.05) is 232 Å². The van der Waals surface area contributed by atoms with Crippen molar-refractivity contribution in [2.24, 2.45) is 0 Å². The number of allylic oxidation sites excluding steroid dienone is 18. The molecule has 0 aliphatic rings. The zero-order valence-electron chi connectivity index (χ0n) is 46.6. The highest BCUT2D eigenvalue weighted by Crippen LogP contribution is 2.38. The first-order chi connectivity index (χ1) is 35.0. The zero-order valence-corrected chi connectivity index (χ0v) is 47.5. The summed E-state index contributed by atoms with van der Waals surface area (Å²) in [6, 6.07) is 0. The summed E-state index contributed by atoms with van der Waals surface area (Å²) >= 11 is 0. The lowest BCUT2D eigenvalue weighted by Gasteiger charge is -2.28. The van der Waals surface area contributed by atoms with Crippen molar-refractivity contribution in [3.8, 4) is 0 Å². The monoisotopic (exact) mass is 1020 g/mol. The SMILES string of the molecule is CC/C=C\C/C=C\C/C=C\C/C=C\C/C=C\C/C=C\C/C=C\C/C=C\C/C=C\CCCCCCCCCCCCCCCC(=O)OC(COC(=O)CCCCCCCCC)COP(=O)([O-])OCC[N+](C)(C)C. The van der Waals surface area contributed by atoms with Crippen molar-refractivity contribution in [1.82, 2.24) is 0 Å². The van der Waals surface area contributed by atoms with Gasteiger partial charge in [-0.15, -0.1) is 0 Å². The van der Waals surface area contributed by atoms with Crippen LogP contribution in [0.4, 0.5) is 0 Å². The van der Waals surface area contributed by atoms with Crippen LogP contribution in [-0.2, 0) is 32.7 Å². The van der Waals surface area contributed by atoms with Gasteiger partial charge in [0.15, 0.2) is 6.10 Å². The first-order valence-corrected chi connectivity index (χ1v) is 30.1. The highest BCUT2D eigenvalue weighted by atomic mass is 31.2. The molecule has 9 nitrogen and oxygen atoms in total. The van der Waals surface area contributed by atoms with Crippen molar-refractivity contribution in [2.75, 3.05) is 47.5 Å². The second-order valence-electron chi connectivity index (χ2n) is 19.9. The number of nitrogens with zero attached hydrogens (tertiary/aromatic N) is 1. The predicted octanol–water partition coefficient (Wildman–Crippen LogP) is 17.2. The molecular formula is C62H106NO8P. The molecule has 0 aliphatic heterocycles. The molecule has 0 fully saturated rings. The van der Waals surface area contributed by atoms with Crippen LogP contribution in [-0.4, -0.2) is 70.0 Å². The maximum atomic E-state index is 12.7. The third-order valence-electron chi connectivity index (χ3n) is 11.8. The molecule has 0 saturated heterocycles. The van der Waals surface area contributed by atoms with Gasteiger partial charge in [-0.3, -0.25) is 14.2 Å². The third kappa shape index (κ3) is 56.0. The highest BCUT2D eigenvalue weighted by molar-refractivity contribution is 7.45. The van der Waals surface area contributed by atoms with E-state index >= 15 is 0 Å². The summed E-state index contributed by atoms with van der Waals surface area (Å²) in [7, 11) is 1.16. The molecule has 0 N–H and O–H groups in total. The summed E-state index contributed by atoms with van der Waals surface area (Å²) in [6.07, 6.45) is 73.2. The summed E-state index contributed by atoms with van der Waals surface area (Å²) in [4.78, 5) is 37.5. The standard InChI is InChI=1S/C62H106NO8P/c1-6-8-10-12-14-15-16-17-18-19-20-21-22-23-24-25-26-27-28-29-30-31-32-33-34-35-36-37-38-39-40-41-42-43-44-45-46-47-49-51-53-55-62(65)71-60(59-70-72(66,67)69-57-56-63(3,4)5)58-68-61(64)54-52-50-48-13-11-9-7-2/h8,10,14-15,17-18,20-21,23-24,26-27,29-30,32-33,35-36,60H,6-7,9,11-13,16,19,22,25,28,31,34,37-59H2,1-5H3/b10-8-,15-14-,18-17-,21-20-,24-23-,27-26-,30-29-,33-32-,36-35-. The largest absolute Gasteiger partial charge is 0.756 e. The molecule has 72 heavy (non-hydrogen) atoms. The van der Waals surface area contributed by atoms with E-state index in [4.69, 9.17) is 18.5 Å².